The van der Waals surface area contributed by atoms with Gasteiger partial charge in [0.25, 0.3) is 0 Å². The van der Waals surface area contributed by atoms with E-state index in [1.807, 2.05) is 0 Å². The smallest absolute Gasteiger partial charge is 0.335 e. The summed E-state index contributed by atoms with van der Waals surface area (Å²) in [5, 5.41) is 8.66. The van der Waals surface area contributed by atoms with Crippen molar-refractivity contribution in [2.45, 2.75) is 0 Å². The number of ether oxygens (including phenoxy) is 1. The van der Waals surface area contributed by atoms with Gasteiger partial charge >= 0.3 is 5.97 Å². The highest BCUT2D eigenvalue weighted by Crippen LogP contribution is 2.13. The van der Waals surface area contributed by atoms with E-state index in [9.17, 15) is 9.18 Å². The van der Waals surface area contributed by atoms with Crippen LogP contribution in [0.1, 0.15) is 10.4 Å². The summed E-state index contributed by atoms with van der Waals surface area (Å²) in [5.74, 6) is -1.08. The van der Waals surface area contributed by atoms with Crippen molar-refractivity contribution in [3.8, 4) is 5.75 Å². The highest BCUT2D eigenvalue weighted by molar-refractivity contribution is 6.13. The molecule has 0 aliphatic heterocycles. The SMILES string of the molecule is O=C(O)c1ccc(OC/C(F)=C\CNCl)cc1. The van der Waals surface area contributed by atoms with Gasteiger partial charge in [0.05, 0.1) is 5.56 Å². The number of carbonyl (C=O) groups is 1. The molecular formula is C11H11ClFNO3. The third-order valence-corrected chi connectivity index (χ3v) is 2.03. The van der Waals surface area contributed by atoms with Gasteiger partial charge in [0.1, 0.15) is 18.2 Å². The number of carboxylic acid groups (broad SMARTS) is 1. The van der Waals surface area contributed by atoms with E-state index < -0.39 is 11.8 Å². The topological polar surface area (TPSA) is 58.6 Å². The molecule has 0 bridgehead atoms. The number of nitrogens with one attached hydrogen (secondary N) is 1. The molecule has 0 atom stereocenters. The van der Waals surface area contributed by atoms with E-state index in [0.717, 1.165) is 0 Å². The fraction of sp³-hybridized carbons (Fsp3) is 0.182. The molecular weight excluding hydrogens is 249 g/mol. The Morgan fingerprint density at radius 3 is 2.65 bits per heavy atom. The van der Waals surface area contributed by atoms with Crippen molar-refractivity contribution in [1.29, 1.82) is 0 Å². The van der Waals surface area contributed by atoms with Crippen LogP contribution < -0.4 is 9.57 Å². The van der Waals surface area contributed by atoms with Crippen molar-refractivity contribution in [2.75, 3.05) is 13.2 Å². The van der Waals surface area contributed by atoms with Crippen LogP contribution in [-0.2, 0) is 0 Å². The standard InChI is InChI=1S/C11H11ClFNO3/c12-14-6-5-9(13)7-17-10-3-1-8(2-4-10)11(15)16/h1-5,14H,6-7H2,(H,15,16)/b9-5+. The van der Waals surface area contributed by atoms with Gasteiger partial charge in [0, 0.05) is 6.54 Å². The lowest BCUT2D eigenvalue weighted by Crippen LogP contribution is -2.02. The van der Waals surface area contributed by atoms with Gasteiger partial charge in [0.2, 0.25) is 0 Å². The van der Waals surface area contributed by atoms with E-state index in [0.29, 0.717) is 5.75 Å². The van der Waals surface area contributed by atoms with E-state index in [2.05, 4.69) is 4.84 Å². The summed E-state index contributed by atoms with van der Waals surface area (Å²) < 4.78 is 18.1. The monoisotopic (exact) mass is 259 g/mol. The second kappa shape index (κ2) is 6.88. The van der Waals surface area contributed by atoms with E-state index >= 15 is 0 Å². The minimum atomic E-state index is -1.02. The Kier molecular flexibility index (Phi) is 5.45. The van der Waals surface area contributed by atoms with Gasteiger partial charge in [-0.1, -0.05) is 0 Å². The van der Waals surface area contributed by atoms with E-state index in [4.69, 9.17) is 21.6 Å². The molecule has 0 aliphatic rings. The molecule has 0 spiro atoms. The molecule has 1 aromatic carbocycles. The lowest BCUT2D eigenvalue weighted by atomic mass is 10.2. The summed E-state index contributed by atoms with van der Waals surface area (Å²) in [4.78, 5) is 12.8. The van der Waals surface area contributed by atoms with Crippen LogP contribution in [0.5, 0.6) is 5.75 Å². The van der Waals surface area contributed by atoms with Gasteiger partial charge in [0.15, 0.2) is 0 Å². The highest BCUT2D eigenvalue weighted by Gasteiger charge is 2.02. The van der Waals surface area contributed by atoms with E-state index in [1.54, 1.807) is 0 Å². The molecule has 0 aliphatic carbocycles. The van der Waals surface area contributed by atoms with Crippen LogP contribution in [0.25, 0.3) is 0 Å². The molecule has 0 heterocycles. The Hall–Kier alpha value is -1.59. The van der Waals surface area contributed by atoms with Crippen LogP contribution in [0.3, 0.4) is 0 Å². The van der Waals surface area contributed by atoms with E-state index in [1.165, 1.54) is 30.3 Å². The molecule has 4 nitrogen and oxygen atoms in total. The average molecular weight is 260 g/mol. The quantitative estimate of drug-likeness (QED) is 0.770. The van der Waals surface area contributed by atoms with Crippen molar-refractivity contribution < 1.29 is 19.0 Å². The van der Waals surface area contributed by atoms with Crippen molar-refractivity contribution in [2.24, 2.45) is 0 Å². The first-order chi connectivity index (χ1) is 8.13. The molecule has 0 aromatic heterocycles. The van der Waals surface area contributed by atoms with Gasteiger partial charge in [-0.3, -0.25) is 0 Å². The Labute approximate surface area is 103 Å². The van der Waals surface area contributed by atoms with Gasteiger partial charge in [-0.25, -0.2) is 14.0 Å². The van der Waals surface area contributed by atoms with Crippen molar-refractivity contribution in [3.63, 3.8) is 0 Å². The zero-order chi connectivity index (χ0) is 12.7. The van der Waals surface area contributed by atoms with Crippen LogP contribution in [0.2, 0.25) is 0 Å². The fourth-order valence-corrected chi connectivity index (χ4v) is 1.13. The van der Waals surface area contributed by atoms with Crippen LogP contribution in [0.15, 0.2) is 36.2 Å². The van der Waals surface area contributed by atoms with Gasteiger partial charge in [-0.2, -0.15) is 0 Å². The van der Waals surface area contributed by atoms with Crippen molar-refractivity contribution >= 4 is 17.7 Å². The lowest BCUT2D eigenvalue weighted by molar-refractivity contribution is 0.0697. The maximum Gasteiger partial charge on any atom is 0.335 e. The number of hydrogen-bond donors (Lipinski definition) is 2. The minimum absolute atomic E-state index is 0.153. The maximum atomic E-state index is 13.0. The Balaban J connectivity index is 2.50. The average Bonchev–Trinajstić information content (AvgIpc) is 2.34. The summed E-state index contributed by atoms with van der Waals surface area (Å²) in [6.07, 6.45) is 1.25. The predicted molar refractivity (Wildman–Crippen MR) is 61.9 cm³/mol. The van der Waals surface area contributed by atoms with Gasteiger partial charge in [-0.05, 0) is 42.1 Å². The summed E-state index contributed by atoms with van der Waals surface area (Å²) >= 11 is 5.15. The Morgan fingerprint density at radius 1 is 1.47 bits per heavy atom. The van der Waals surface area contributed by atoms with Crippen molar-refractivity contribution in [3.05, 3.63) is 41.7 Å². The van der Waals surface area contributed by atoms with Crippen LogP contribution in [-0.4, -0.2) is 24.2 Å². The molecule has 17 heavy (non-hydrogen) atoms. The van der Waals surface area contributed by atoms with Crippen LogP contribution in [0, 0.1) is 0 Å². The Bertz CT molecular complexity index is 406. The molecule has 6 heteroatoms. The molecule has 0 fully saturated rings. The first kappa shape index (κ1) is 13.5. The fourth-order valence-electron chi connectivity index (χ4n) is 1.05. The number of halogens is 2. The molecule has 0 amide bonds. The summed E-state index contributed by atoms with van der Waals surface area (Å²) in [6.45, 7) is -0.0142. The molecule has 0 unspecified atom stereocenters. The molecule has 1 aromatic rings. The summed E-state index contributed by atoms with van der Waals surface area (Å²) in [6, 6.07) is 5.71. The molecule has 0 saturated carbocycles. The first-order valence-electron chi connectivity index (χ1n) is 4.77. The molecule has 2 N–H and O–H groups in total. The van der Waals surface area contributed by atoms with Gasteiger partial charge in [-0.15, -0.1) is 0 Å². The van der Waals surface area contributed by atoms with E-state index in [-0.39, 0.29) is 18.7 Å². The zero-order valence-electron chi connectivity index (χ0n) is 8.82. The van der Waals surface area contributed by atoms with Crippen molar-refractivity contribution in [1.82, 2.24) is 4.84 Å². The largest absolute Gasteiger partial charge is 0.487 e. The predicted octanol–water partition coefficient (Wildman–Crippen LogP) is 2.36. The molecule has 0 radical (unpaired) electrons. The third kappa shape index (κ3) is 4.84. The number of carboxylic acids is 1. The minimum Gasteiger partial charge on any atom is -0.487 e. The van der Waals surface area contributed by atoms with Crippen LogP contribution in [0.4, 0.5) is 4.39 Å². The maximum absolute atomic E-state index is 13.0. The first-order valence-corrected chi connectivity index (χ1v) is 5.15. The normalized spacial score (nSPS) is 11.3. The highest BCUT2D eigenvalue weighted by atomic mass is 35.5. The number of aromatic carboxylic acids is 1. The number of rotatable bonds is 6. The molecule has 1 rings (SSSR count). The molecule has 0 saturated heterocycles. The zero-order valence-corrected chi connectivity index (χ0v) is 9.58. The van der Waals surface area contributed by atoms with Crippen LogP contribution >= 0.6 is 11.8 Å². The second-order valence-corrected chi connectivity index (χ2v) is 3.37. The lowest BCUT2D eigenvalue weighted by Gasteiger charge is -2.04. The summed E-state index contributed by atoms with van der Waals surface area (Å²) in [5.41, 5.74) is 0.153. The summed E-state index contributed by atoms with van der Waals surface area (Å²) in [7, 11) is 0. The third-order valence-electron chi connectivity index (χ3n) is 1.88. The second-order valence-electron chi connectivity index (χ2n) is 3.11. The number of benzene rings is 1. The van der Waals surface area contributed by atoms with Gasteiger partial charge < -0.3 is 9.84 Å². The number of hydrogen-bond acceptors (Lipinski definition) is 3. The Morgan fingerprint density at radius 2 is 2.12 bits per heavy atom. The molecule has 92 valence electrons.